The lowest BCUT2D eigenvalue weighted by Gasteiger charge is -2.11. The first-order chi connectivity index (χ1) is 6.83. The molecule has 0 fully saturated rings. The van der Waals surface area contributed by atoms with E-state index in [1.54, 1.807) is 28.7 Å². The first kappa shape index (κ1) is 11.8. The molecular formula is C7H3F3IN3O. The molecule has 1 rings (SSSR count). The van der Waals surface area contributed by atoms with E-state index in [0.717, 1.165) is 6.07 Å². The van der Waals surface area contributed by atoms with Crippen molar-refractivity contribution in [3.05, 3.63) is 15.3 Å². The van der Waals surface area contributed by atoms with Crippen LogP contribution in [0.3, 0.4) is 0 Å². The van der Waals surface area contributed by atoms with Crippen LogP contribution in [0.25, 0.3) is 0 Å². The quantitative estimate of drug-likeness (QED) is 0.632. The molecule has 8 heteroatoms. The zero-order valence-corrected chi connectivity index (χ0v) is 9.13. The fourth-order valence-electron chi connectivity index (χ4n) is 0.827. The summed E-state index contributed by atoms with van der Waals surface area (Å²) in [7, 11) is 0. The first-order valence-corrected chi connectivity index (χ1v) is 4.53. The van der Waals surface area contributed by atoms with Crippen LogP contribution in [0.5, 0.6) is 5.75 Å². The molecule has 0 aliphatic rings. The summed E-state index contributed by atoms with van der Waals surface area (Å²) >= 11 is 1.73. The van der Waals surface area contributed by atoms with Crippen LogP contribution in [0, 0.1) is 15.0 Å². The Morgan fingerprint density at radius 3 is 2.60 bits per heavy atom. The number of rotatable bonds is 1. The summed E-state index contributed by atoms with van der Waals surface area (Å²) in [6, 6.07) is 2.70. The Morgan fingerprint density at radius 1 is 1.53 bits per heavy atom. The Kier molecular flexibility index (Phi) is 3.23. The van der Waals surface area contributed by atoms with Gasteiger partial charge in [0.05, 0.1) is 0 Å². The molecule has 1 aromatic heterocycles. The largest absolute Gasteiger partial charge is 0.573 e. The highest BCUT2D eigenvalue weighted by molar-refractivity contribution is 14.1. The molecule has 0 aliphatic carbocycles. The number of nitriles is 1. The highest BCUT2D eigenvalue weighted by Crippen LogP contribution is 2.31. The molecule has 2 N–H and O–H groups in total. The standard InChI is InChI=1S/C7H3F3IN3O/c8-7(9,10)15-5-3(2-12)1-4(11)14-6(5)13/h1H,(H2,13,14). The Morgan fingerprint density at radius 2 is 2.13 bits per heavy atom. The molecule has 0 bridgehead atoms. The van der Waals surface area contributed by atoms with E-state index in [2.05, 4.69) is 9.72 Å². The minimum Gasteiger partial charge on any atom is -0.400 e. The zero-order chi connectivity index (χ0) is 11.6. The highest BCUT2D eigenvalue weighted by atomic mass is 127. The van der Waals surface area contributed by atoms with Gasteiger partial charge in [0.15, 0.2) is 11.6 Å². The van der Waals surface area contributed by atoms with Gasteiger partial charge >= 0.3 is 6.36 Å². The smallest absolute Gasteiger partial charge is 0.400 e. The van der Waals surface area contributed by atoms with Crippen molar-refractivity contribution in [2.75, 3.05) is 5.73 Å². The number of halogens is 4. The number of alkyl halides is 3. The second kappa shape index (κ2) is 4.09. The zero-order valence-electron chi connectivity index (χ0n) is 6.97. The number of nitrogen functional groups attached to an aromatic ring is 1. The molecule has 1 aromatic rings. The van der Waals surface area contributed by atoms with Gasteiger partial charge in [-0.3, -0.25) is 0 Å². The van der Waals surface area contributed by atoms with Crippen LogP contribution < -0.4 is 10.5 Å². The van der Waals surface area contributed by atoms with Crippen LogP contribution in [0.15, 0.2) is 6.07 Å². The van der Waals surface area contributed by atoms with Crippen LogP contribution in [-0.2, 0) is 0 Å². The molecule has 0 saturated heterocycles. The van der Waals surface area contributed by atoms with Crippen molar-refractivity contribution in [1.29, 1.82) is 5.26 Å². The van der Waals surface area contributed by atoms with Crippen molar-refractivity contribution in [3.8, 4) is 11.8 Å². The van der Waals surface area contributed by atoms with Gasteiger partial charge in [-0.15, -0.1) is 13.2 Å². The van der Waals surface area contributed by atoms with Gasteiger partial charge in [-0.1, -0.05) is 0 Å². The van der Waals surface area contributed by atoms with E-state index in [0.29, 0.717) is 3.70 Å². The van der Waals surface area contributed by atoms with Crippen molar-refractivity contribution in [3.63, 3.8) is 0 Å². The van der Waals surface area contributed by atoms with Crippen LogP contribution in [0.1, 0.15) is 5.56 Å². The van der Waals surface area contributed by atoms with E-state index in [4.69, 9.17) is 11.0 Å². The second-order valence-corrected chi connectivity index (χ2v) is 3.47. The predicted octanol–water partition coefficient (Wildman–Crippen LogP) is 2.04. The van der Waals surface area contributed by atoms with E-state index >= 15 is 0 Å². The number of anilines is 1. The third-order valence-corrected chi connectivity index (χ3v) is 1.86. The summed E-state index contributed by atoms with van der Waals surface area (Å²) in [6.45, 7) is 0. The fourth-order valence-corrected chi connectivity index (χ4v) is 1.40. The predicted molar refractivity (Wildman–Crippen MR) is 52.8 cm³/mol. The summed E-state index contributed by atoms with van der Waals surface area (Å²) < 4.78 is 39.7. The summed E-state index contributed by atoms with van der Waals surface area (Å²) in [5.41, 5.74) is 4.91. The maximum absolute atomic E-state index is 11.9. The Bertz CT molecular complexity index is 427. The number of ether oxygens (including phenoxy) is 1. The van der Waals surface area contributed by atoms with Gasteiger partial charge in [0, 0.05) is 0 Å². The van der Waals surface area contributed by atoms with Crippen LogP contribution in [-0.4, -0.2) is 11.3 Å². The Hall–Kier alpha value is -1.24. The third-order valence-electron chi connectivity index (χ3n) is 1.31. The number of aromatic nitrogens is 1. The van der Waals surface area contributed by atoms with Gasteiger partial charge in [-0.2, -0.15) is 5.26 Å². The highest BCUT2D eigenvalue weighted by Gasteiger charge is 2.33. The minimum atomic E-state index is -4.89. The average Bonchev–Trinajstić information content (AvgIpc) is 2.07. The van der Waals surface area contributed by atoms with Crippen molar-refractivity contribution < 1.29 is 17.9 Å². The summed E-state index contributed by atoms with van der Waals surface area (Å²) in [4.78, 5) is 3.55. The van der Waals surface area contributed by atoms with Gasteiger partial charge in [0.1, 0.15) is 15.3 Å². The lowest BCUT2D eigenvalue weighted by molar-refractivity contribution is -0.274. The lowest BCUT2D eigenvalue weighted by atomic mass is 10.2. The SMILES string of the molecule is N#Cc1cc(I)nc(N)c1OC(F)(F)F. The lowest BCUT2D eigenvalue weighted by Crippen LogP contribution is -2.19. The second-order valence-electron chi connectivity index (χ2n) is 2.37. The van der Waals surface area contributed by atoms with E-state index < -0.39 is 17.9 Å². The third kappa shape index (κ3) is 3.12. The number of nitrogens with zero attached hydrogens (tertiary/aromatic N) is 2. The van der Waals surface area contributed by atoms with Gasteiger partial charge < -0.3 is 10.5 Å². The summed E-state index contributed by atoms with van der Waals surface area (Å²) in [5.74, 6) is -1.22. The van der Waals surface area contributed by atoms with Gasteiger partial charge in [0.2, 0.25) is 0 Å². The Balaban J connectivity index is 3.23. The average molecular weight is 329 g/mol. The minimum absolute atomic E-state index is 0.302. The fraction of sp³-hybridized carbons (Fsp3) is 0.143. The molecular weight excluding hydrogens is 326 g/mol. The number of hydrogen-bond donors (Lipinski definition) is 1. The monoisotopic (exact) mass is 329 g/mol. The molecule has 4 nitrogen and oxygen atoms in total. The van der Waals surface area contributed by atoms with E-state index in [9.17, 15) is 13.2 Å². The van der Waals surface area contributed by atoms with Crippen molar-refractivity contribution >= 4 is 28.4 Å². The normalized spacial score (nSPS) is 10.9. The molecule has 0 amide bonds. The maximum Gasteiger partial charge on any atom is 0.573 e. The molecule has 0 aromatic carbocycles. The van der Waals surface area contributed by atoms with Crippen molar-refractivity contribution in [1.82, 2.24) is 4.98 Å². The number of pyridine rings is 1. The van der Waals surface area contributed by atoms with E-state index in [-0.39, 0.29) is 5.56 Å². The molecule has 15 heavy (non-hydrogen) atoms. The van der Waals surface area contributed by atoms with E-state index in [1.807, 2.05) is 0 Å². The number of nitrogens with two attached hydrogens (primary N) is 1. The topological polar surface area (TPSA) is 71.9 Å². The van der Waals surface area contributed by atoms with Crippen LogP contribution >= 0.6 is 22.6 Å². The Labute approximate surface area is 96.0 Å². The molecule has 0 unspecified atom stereocenters. The molecule has 80 valence electrons. The maximum atomic E-state index is 11.9. The van der Waals surface area contributed by atoms with Crippen molar-refractivity contribution in [2.45, 2.75) is 6.36 Å². The van der Waals surface area contributed by atoms with Crippen LogP contribution in [0.2, 0.25) is 0 Å². The van der Waals surface area contributed by atoms with Gasteiger partial charge in [-0.05, 0) is 28.7 Å². The molecule has 1 heterocycles. The number of hydrogen-bond acceptors (Lipinski definition) is 4. The molecule has 0 radical (unpaired) electrons. The van der Waals surface area contributed by atoms with Gasteiger partial charge in [0.25, 0.3) is 0 Å². The molecule has 0 atom stereocenters. The van der Waals surface area contributed by atoms with Crippen molar-refractivity contribution in [2.24, 2.45) is 0 Å². The van der Waals surface area contributed by atoms with E-state index in [1.165, 1.54) is 0 Å². The molecule has 0 spiro atoms. The summed E-state index contributed by atoms with van der Waals surface area (Å²) in [6.07, 6.45) is -4.89. The molecule has 0 saturated carbocycles. The first-order valence-electron chi connectivity index (χ1n) is 3.45. The summed E-state index contributed by atoms with van der Waals surface area (Å²) in [5, 5.41) is 8.58. The molecule has 0 aliphatic heterocycles. The van der Waals surface area contributed by atoms with Gasteiger partial charge in [-0.25, -0.2) is 4.98 Å². The van der Waals surface area contributed by atoms with Crippen LogP contribution in [0.4, 0.5) is 19.0 Å².